The van der Waals surface area contributed by atoms with Crippen molar-refractivity contribution in [2.75, 3.05) is 6.61 Å². The molecule has 3 atom stereocenters. The summed E-state index contributed by atoms with van der Waals surface area (Å²) in [6.07, 6.45) is 4.02. The van der Waals surface area contributed by atoms with Gasteiger partial charge in [0.15, 0.2) is 5.78 Å². The Morgan fingerprint density at radius 3 is 2.82 bits per heavy atom. The third-order valence-electron chi connectivity index (χ3n) is 3.05. The van der Waals surface area contributed by atoms with Crippen molar-refractivity contribution in [1.29, 1.82) is 5.26 Å². The van der Waals surface area contributed by atoms with Crippen LogP contribution in [-0.4, -0.2) is 23.5 Å². The number of hydrogen-bond donors (Lipinski definition) is 0. The van der Waals surface area contributed by atoms with E-state index in [-0.39, 0.29) is 17.8 Å². The van der Waals surface area contributed by atoms with Gasteiger partial charge in [-0.05, 0) is 31.0 Å². The molecule has 17 heavy (non-hydrogen) atoms. The third kappa shape index (κ3) is 2.51. The highest BCUT2D eigenvalue weighted by Crippen LogP contribution is 2.27. The van der Waals surface area contributed by atoms with Crippen LogP contribution in [0.2, 0.25) is 0 Å². The fourth-order valence-electron chi connectivity index (χ4n) is 2.11. The summed E-state index contributed by atoms with van der Waals surface area (Å²) in [4.78, 5) is 16.1. The van der Waals surface area contributed by atoms with E-state index in [1.54, 1.807) is 24.5 Å². The van der Waals surface area contributed by atoms with Crippen LogP contribution in [0.4, 0.5) is 0 Å². The van der Waals surface area contributed by atoms with Gasteiger partial charge in [0.2, 0.25) is 0 Å². The van der Waals surface area contributed by atoms with Crippen LogP contribution in [0.5, 0.6) is 0 Å². The molecule has 1 saturated heterocycles. The normalized spacial score (nSPS) is 25.2. The van der Waals surface area contributed by atoms with Crippen molar-refractivity contribution in [1.82, 2.24) is 4.98 Å². The molecule has 4 nitrogen and oxygen atoms in total. The van der Waals surface area contributed by atoms with Crippen LogP contribution >= 0.6 is 0 Å². The fourth-order valence-corrected chi connectivity index (χ4v) is 2.11. The number of nitriles is 1. The first-order valence-electron chi connectivity index (χ1n) is 5.67. The summed E-state index contributed by atoms with van der Waals surface area (Å²) >= 11 is 0. The second kappa shape index (κ2) is 5.07. The summed E-state index contributed by atoms with van der Waals surface area (Å²) < 4.78 is 5.37. The lowest BCUT2D eigenvalue weighted by atomic mass is 9.87. The largest absolute Gasteiger partial charge is 0.378 e. The van der Waals surface area contributed by atoms with Crippen molar-refractivity contribution >= 4 is 5.78 Å². The number of hydrogen-bond acceptors (Lipinski definition) is 4. The molecule has 0 spiro atoms. The lowest BCUT2D eigenvalue weighted by molar-refractivity contribution is -0.123. The van der Waals surface area contributed by atoms with Crippen molar-refractivity contribution < 1.29 is 9.53 Å². The van der Waals surface area contributed by atoms with E-state index < -0.39 is 5.92 Å². The fraction of sp³-hybridized carbons (Fsp3) is 0.462. The zero-order valence-electron chi connectivity index (χ0n) is 9.67. The van der Waals surface area contributed by atoms with Gasteiger partial charge < -0.3 is 4.74 Å². The predicted octanol–water partition coefficient (Wildman–Crippen LogP) is 1.68. The predicted molar refractivity (Wildman–Crippen MR) is 61.1 cm³/mol. The molecular formula is C13H14N2O2. The Bertz CT molecular complexity index is 438. The minimum Gasteiger partial charge on any atom is -0.378 e. The van der Waals surface area contributed by atoms with Gasteiger partial charge in [-0.2, -0.15) is 5.26 Å². The van der Waals surface area contributed by atoms with Gasteiger partial charge in [0, 0.05) is 18.3 Å². The van der Waals surface area contributed by atoms with Crippen LogP contribution in [0.3, 0.4) is 0 Å². The van der Waals surface area contributed by atoms with Gasteiger partial charge >= 0.3 is 0 Å². The molecule has 1 aromatic heterocycles. The first kappa shape index (κ1) is 11.7. The standard InChI is InChI=1S/C13H14N2O2/c1-9-6-11(8-17-9)13(16)12(7-14)10-2-4-15-5-3-10/h2-5,9,11-12H,6,8H2,1H3. The first-order chi connectivity index (χ1) is 8.22. The zero-order valence-corrected chi connectivity index (χ0v) is 9.67. The summed E-state index contributed by atoms with van der Waals surface area (Å²) in [7, 11) is 0. The summed E-state index contributed by atoms with van der Waals surface area (Å²) in [5.41, 5.74) is 0.715. The molecule has 1 aromatic rings. The topological polar surface area (TPSA) is 63.0 Å². The Balaban J connectivity index is 2.15. The number of carbonyl (C=O) groups is 1. The Labute approximate surface area is 100 Å². The Morgan fingerprint density at radius 1 is 1.59 bits per heavy atom. The second-order valence-corrected chi connectivity index (χ2v) is 4.32. The molecule has 0 aliphatic carbocycles. The number of nitrogens with zero attached hydrogens (tertiary/aromatic N) is 2. The maximum absolute atomic E-state index is 12.2. The van der Waals surface area contributed by atoms with E-state index in [1.807, 2.05) is 6.92 Å². The number of carbonyl (C=O) groups excluding carboxylic acids is 1. The van der Waals surface area contributed by atoms with Crippen molar-refractivity contribution in [2.45, 2.75) is 25.4 Å². The van der Waals surface area contributed by atoms with E-state index in [2.05, 4.69) is 11.1 Å². The van der Waals surface area contributed by atoms with E-state index >= 15 is 0 Å². The highest BCUT2D eigenvalue weighted by Gasteiger charge is 2.33. The summed E-state index contributed by atoms with van der Waals surface area (Å²) in [6, 6.07) is 5.50. The quantitative estimate of drug-likeness (QED) is 0.792. The molecule has 0 bridgehead atoms. The molecule has 1 aliphatic heterocycles. The monoisotopic (exact) mass is 230 g/mol. The zero-order chi connectivity index (χ0) is 12.3. The van der Waals surface area contributed by atoms with Gasteiger partial charge in [-0.3, -0.25) is 9.78 Å². The van der Waals surface area contributed by atoms with Crippen molar-refractivity contribution in [3.05, 3.63) is 30.1 Å². The minimum atomic E-state index is -0.697. The second-order valence-electron chi connectivity index (χ2n) is 4.32. The number of ketones is 1. The van der Waals surface area contributed by atoms with E-state index in [0.717, 1.165) is 0 Å². The van der Waals surface area contributed by atoms with E-state index in [4.69, 9.17) is 10.00 Å². The lowest BCUT2D eigenvalue weighted by Crippen LogP contribution is -2.21. The minimum absolute atomic E-state index is 0.0388. The van der Waals surface area contributed by atoms with Gasteiger partial charge in [0.25, 0.3) is 0 Å². The molecule has 0 radical (unpaired) electrons. The Morgan fingerprint density at radius 2 is 2.29 bits per heavy atom. The highest BCUT2D eigenvalue weighted by atomic mass is 16.5. The summed E-state index contributed by atoms with van der Waals surface area (Å²) in [6.45, 7) is 2.38. The average Bonchev–Trinajstić information content (AvgIpc) is 2.78. The maximum atomic E-state index is 12.2. The molecule has 1 aliphatic rings. The molecule has 0 saturated carbocycles. The van der Waals surface area contributed by atoms with Gasteiger partial charge in [-0.1, -0.05) is 0 Å². The van der Waals surface area contributed by atoms with Crippen LogP contribution in [0.15, 0.2) is 24.5 Å². The van der Waals surface area contributed by atoms with Gasteiger partial charge in [0.1, 0.15) is 5.92 Å². The van der Waals surface area contributed by atoms with Crippen molar-refractivity contribution in [3.8, 4) is 6.07 Å². The third-order valence-corrected chi connectivity index (χ3v) is 3.05. The number of Topliss-reactive ketones (excluding diaryl/α,β-unsaturated/α-hetero) is 1. The van der Waals surface area contributed by atoms with Crippen molar-refractivity contribution in [3.63, 3.8) is 0 Å². The number of ether oxygens (including phenoxy) is 1. The molecule has 0 aromatic carbocycles. The lowest BCUT2D eigenvalue weighted by Gasteiger charge is -2.12. The van der Waals surface area contributed by atoms with Crippen LogP contribution in [-0.2, 0) is 9.53 Å². The molecule has 2 heterocycles. The van der Waals surface area contributed by atoms with Gasteiger partial charge in [-0.15, -0.1) is 0 Å². The number of aromatic nitrogens is 1. The Kier molecular flexibility index (Phi) is 3.50. The van der Waals surface area contributed by atoms with Crippen molar-refractivity contribution in [2.24, 2.45) is 5.92 Å². The maximum Gasteiger partial charge on any atom is 0.159 e. The van der Waals surface area contributed by atoms with Crippen LogP contribution in [0, 0.1) is 17.2 Å². The van der Waals surface area contributed by atoms with Crippen LogP contribution in [0.25, 0.3) is 0 Å². The molecular weight excluding hydrogens is 216 g/mol. The summed E-state index contributed by atoms with van der Waals surface area (Å²) in [5, 5.41) is 9.14. The Hall–Kier alpha value is -1.73. The molecule has 3 unspecified atom stereocenters. The summed E-state index contributed by atoms with van der Waals surface area (Å²) in [5.74, 6) is -0.886. The molecule has 1 fully saturated rings. The highest BCUT2D eigenvalue weighted by molar-refractivity contribution is 5.90. The van der Waals surface area contributed by atoms with Crippen LogP contribution < -0.4 is 0 Å². The molecule has 0 amide bonds. The number of pyridine rings is 1. The van der Waals surface area contributed by atoms with Gasteiger partial charge in [0.05, 0.1) is 18.8 Å². The van der Waals surface area contributed by atoms with Gasteiger partial charge in [-0.25, -0.2) is 0 Å². The smallest absolute Gasteiger partial charge is 0.159 e. The number of rotatable bonds is 3. The van der Waals surface area contributed by atoms with E-state index in [9.17, 15) is 4.79 Å². The van der Waals surface area contributed by atoms with Crippen LogP contribution in [0.1, 0.15) is 24.8 Å². The van der Waals surface area contributed by atoms with E-state index in [1.165, 1.54) is 0 Å². The van der Waals surface area contributed by atoms with E-state index in [0.29, 0.717) is 18.6 Å². The average molecular weight is 230 g/mol. The first-order valence-corrected chi connectivity index (χ1v) is 5.67. The molecule has 2 rings (SSSR count). The molecule has 0 N–H and O–H groups in total. The molecule has 4 heteroatoms. The SMILES string of the molecule is CC1CC(C(=O)C(C#N)c2ccncc2)CO1. The molecule has 88 valence electrons.